The van der Waals surface area contributed by atoms with Crippen LogP contribution in [0.25, 0.3) is 6.08 Å². The number of aromatic nitrogens is 2. The summed E-state index contributed by atoms with van der Waals surface area (Å²) in [7, 11) is 0. The van der Waals surface area contributed by atoms with Crippen molar-refractivity contribution in [1.82, 2.24) is 15.1 Å². The first-order valence-electron chi connectivity index (χ1n) is 6.98. The molecule has 2 heterocycles. The predicted octanol–water partition coefficient (Wildman–Crippen LogP) is 2.58. The molecule has 0 bridgehead atoms. The van der Waals surface area contributed by atoms with Crippen LogP contribution in [0.15, 0.2) is 12.3 Å². The molecular weight excluding hydrogens is 222 g/mol. The third-order valence-corrected chi connectivity index (χ3v) is 4.26. The Hall–Kier alpha value is -1.09. The minimum atomic E-state index is 0.0660. The fourth-order valence-corrected chi connectivity index (χ4v) is 3.20. The van der Waals surface area contributed by atoms with Crippen molar-refractivity contribution in [2.45, 2.75) is 45.6 Å². The third kappa shape index (κ3) is 1.91. The minimum absolute atomic E-state index is 0.0660. The largest absolute Gasteiger partial charge is 0.317 e. The van der Waals surface area contributed by atoms with Crippen molar-refractivity contribution >= 4 is 6.08 Å². The Morgan fingerprint density at radius 1 is 1.28 bits per heavy atom. The summed E-state index contributed by atoms with van der Waals surface area (Å²) in [4.78, 5) is 0. The van der Waals surface area contributed by atoms with Crippen molar-refractivity contribution in [2.24, 2.45) is 5.41 Å². The van der Waals surface area contributed by atoms with Gasteiger partial charge in [-0.3, -0.25) is 4.68 Å². The number of hydrogen-bond donors (Lipinski definition) is 1. The lowest BCUT2D eigenvalue weighted by Gasteiger charge is -2.37. The van der Waals surface area contributed by atoms with Crippen molar-refractivity contribution in [3.05, 3.63) is 23.5 Å². The van der Waals surface area contributed by atoms with E-state index >= 15 is 0 Å². The van der Waals surface area contributed by atoms with Crippen LogP contribution in [0.1, 0.15) is 44.9 Å². The zero-order valence-electron chi connectivity index (χ0n) is 11.7. The van der Waals surface area contributed by atoms with Gasteiger partial charge in [-0.15, -0.1) is 0 Å². The van der Waals surface area contributed by atoms with Crippen LogP contribution in [0.4, 0.5) is 0 Å². The highest BCUT2D eigenvalue weighted by atomic mass is 15.3. The zero-order valence-corrected chi connectivity index (χ0v) is 11.7. The Kier molecular flexibility index (Phi) is 2.63. The van der Waals surface area contributed by atoms with Gasteiger partial charge < -0.3 is 5.32 Å². The van der Waals surface area contributed by atoms with Crippen LogP contribution in [0.2, 0.25) is 0 Å². The van der Waals surface area contributed by atoms with Crippen molar-refractivity contribution in [2.75, 3.05) is 13.1 Å². The second-order valence-electron chi connectivity index (χ2n) is 6.76. The molecule has 1 spiro atoms. The van der Waals surface area contributed by atoms with Crippen LogP contribution in [0.3, 0.4) is 0 Å². The van der Waals surface area contributed by atoms with E-state index in [2.05, 4.69) is 54.2 Å². The first kappa shape index (κ1) is 12.0. The van der Waals surface area contributed by atoms with Gasteiger partial charge in [0.2, 0.25) is 0 Å². The predicted molar refractivity (Wildman–Crippen MR) is 74.5 cm³/mol. The summed E-state index contributed by atoms with van der Waals surface area (Å²) in [6, 6.07) is 0. The van der Waals surface area contributed by atoms with E-state index in [4.69, 9.17) is 0 Å². The molecule has 18 heavy (non-hydrogen) atoms. The highest BCUT2D eigenvalue weighted by Gasteiger charge is 2.34. The summed E-state index contributed by atoms with van der Waals surface area (Å²) in [6.07, 6.45) is 10.5. The molecule has 0 saturated carbocycles. The van der Waals surface area contributed by atoms with Gasteiger partial charge in [-0.25, -0.2) is 0 Å². The number of piperidine rings is 1. The van der Waals surface area contributed by atoms with E-state index in [0.29, 0.717) is 5.41 Å². The lowest BCUT2D eigenvalue weighted by molar-refractivity contribution is 0.267. The standard InChI is InChI=1S/C15H23N3/c1-14(2,3)18-13-4-5-15(6-8-16-9-7-15)10-12(13)11-17-18/h4-5,11,16H,6-10H2,1-3H3. The highest BCUT2D eigenvalue weighted by Crippen LogP contribution is 2.40. The SMILES string of the molecule is CC(C)(C)n1ncc2c1C=CC1(CCNCC1)C2. The summed E-state index contributed by atoms with van der Waals surface area (Å²) in [6.45, 7) is 8.93. The van der Waals surface area contributed by atoms with Crippen molar-refractivity contribution < 1.29 is 0 Å². The summed E-state index contributed by atoms with van der Waals surface area (Å²) < 4.78 is 2.16. The van der Waals surface area contributed by atoms with E-state index in [9.17, 15) is 0 Å². The molecule has 3 rings (SSSR count). The Morgan fingerprint density at radius 2 is 2.00 bits per heavy atom. The van der Waals surface area contributed by atoms with Crippen LogP contribution < -0.4 is 5.32 Å². The molecule has 1 fully saturated rings. The molecule has 1 aliphatic heterocycles. The third-order valence-electron chi connectivity index (χ3n) is 4.26. The fraction of sp³-hybridized carbons (Fsp3) is 0.667. The second-order valence-corrected chi connectivity index (χ2v) is 6.76. The molecule has 0 aromatic carbocycles. The van der Waals surface area contributed by atoms with E-state index in [-0.39, 0.29) is 5.54 Å². The molecular formula is C15H23N3. The summed E-state index contributed by atoms with van der Waals surface area (Å²) >= 11 is 0. The first-order chi connectivity index (χ1) is 8.50. The molecule has 0 atom stereocenters. The number of fused-ring (bicyclic) bond motifs is 1. The Bertz CT molecular complexity index is 470. The number of rotatable bonds is 0. The molecule has 0 unspecified atom stereocenters. The van der Waals surface area contributed by atoms with Crippen molar-refractivity contribution in [1.29, 1.82) is 0 Å². The maximum Gasteiger partial charge on any atom is 0.0645 e. The average molecular weight is 245 g/mol. The lowest BCUT2D eigenvalue weighted by atomic mass is 9.72. The van der Waals surface area contributed by atoms with Crippen LogP contribution in [-0.2, 0) is 12.0 Å². The Balaban J connectivity index is 1.94. The number of allylic oxidation sites excluding steroid dienone is 1. The van der Waals surface area contributed by atoms with Gasteiger partial charge in [0.25, 0.3) is 0 Å². The molecule has 1 saturated heterocycles. The lowest BCUT2D eigenvalue weighted by Crippen LogP contribution is -2.38. The van der Waals surface area contributed by atoms with Gasteiger partial charge in [0, 0.05) is 0 Å². The molecule has 1 aromatic rings. The van der Waals surface area contributed by atoms with Gasteiger partial charge in [0.05, 0.1) is 17.4 Å². The van der Waals surface area contributed by atoms with E-state index in [1.165, 1.54) is 24.1 Å². The highest BCUT2D eigenvalue weighted by molar-refractivity contribution is 5.54. The maximum absolute atomic E-state index is 4.60. The molecule has 0 amide bonds. The second kappa shape index (κ2) is 3.95. The first-order valence-corrected chi connectivity index (χ1v) is 6.98. The molecule has 1 N–H and O–H groups in total. The van der Waals surface area contributed by atoms with Gasteiger partial charge in [-0.1, -0.05) is 6.08 Å². The van der Waals surface area contributed by atoms with E-state index < -0.39 is 0 Å². The molecule has 3 nitrogen and oxygen atoms in total. The van der Waals surface area contributed by atoms with Gasteiger partial charge in [0.15, 0.2) is 0 Å². The Labute approximate surface area is 109 Å². The topological polar surface area (TPSA) is 29.9 Å². The van der Waals surface area contributed by atoms with Gasteiger partial charge in [-0.2, -0.15) is 5.10 Å². The molecule has 1 aliphatic carbocycles. The van der Waals surface area contributed by atoms with Gasteiger partial charge in [0.1, 0.15) is 0 Å². The molecule has 3 heteroatoms. The molecule has 2 aliphatic rings. The van der Waals surface area contributed by atoms with E-state index in [1.807, 2.05) is 0 Å². The fourth-order valence-electron chi connectivity index (χ4n) is 3.20. The number of nitrogens with one attached hydrogen (secondary N) is 1. The quantitative estimate of drug-likeness (QED) is 0.761. The zero-order chi connectivity index (χ0) is 12.8. The van der Waals surface area contributed by atoms with Gasteiger partial charge >= 0.3 is 0 Å². The van der Waals surface area contributed by atoms with E-state index in [1.54, 1.807) is 0 Å². The van der Waals surface area contributed by atoms with Crippen LogP contribution >= 0.6 is 0 Å². The minimum Gasteiger partial charge on any atom is -0.317 e. The number of hydrogen-bond acceptors (Lipinski definition) is 2. The van der Waals surface area contributed by atoms with Gasteiger partial charge in [-0.05, 0) is 70.2 Å². The number of nitrogens with zero attached hydrogens (tertiary/aromatic N) is 2. The van der Waals surface area contributed by atoms with Crippen molar-refractivity contribution in [3.8, 4) is 0 Å². The van der Waals surface area contributed by atoms with Crippen LogP contribution in [0, 0.1) is 5.41 Å². The summed E-state index contributed by atoms with van der Waals surface area (Å²) in [5.41, 5.74) is 3.20. The summed E-state index contributed by atoms with van der Waals surface area (Å²) in [5.74, 6) is 0. The normalized spacial score (nSPS) is 22.2. The molecule has 98 valence electrons. The van der Waals surface area contributed by atoms with E-state index in [0.717, 1.165) is 19.5 Å². The molecule has 0 radical (unpaired) electrons. The molecule has 1 aromatic heterocycles. The monoisotopic (exact) mass is 245 g/mol. The van der Waals surface area contributed by atoms with Crippen LogP contribution in [0.5, 0.6) is 0 Å². The smallest absolute Gasteiger partial charge is 0.0645 e. The van der Waals surface area contributed by atoms with Crippen molar-refractivity contribution in [3.63, 3.8) is 0 Å². The van der Waals surface area contributed by atoms with Crippen LogP contribution in [-0.4, -0.2) is 22.9 Å². The Morgan fingerprint density at radius 3 is 2.67 bits per heavy atom. The summed E-state index contributed by atoms with van der Waals surface area (Å²) in [5, 5.41) is 8.05. The average Bonchev–Trinajstić information content (AvgIpc) is 2.72. The maximum atomic E-state index is 4.60.